The lowest BCUT2D eigenvalue weighted by Crippen LogP contribution is -2.41. The summed E-state index contributed by atoms with van der Waals surface area (Å²) in [4.78, 5) is 43.0. The maximum atomic E-state index is 13.9. The van der Waals surface area contributed by atoms with Crippen molar-refractivity contribution in [3.63, 3.8) is 0 Å². The van der Waals surface area contributed by atoms with Gasteiger partial charge in [0.15, 0.2) is 17.2 Å². The molecule has 3 aromatic rings. The number of rotatable bonds is 12. The van der Waals surface area contributed by atoms with Crippen LogP contribution in [0.1, 0.15) is 56.0 Å². The van der Waals surface area contributed by atoms with Gasteiger partial charge in [-0.05, 0) is 43.5 Å². The molecule has 3 rings (SSSR count). The maximum absolute atomic E-state index is 13.9. The number of H-pyrrole nitrogens is 1. The first-order valence-corrected chi connectivity index (χ1v) is 12.3. The third-order valence-electron chi connectivity index (χ3n) is 5.60. The van der Waals surface area contributed by atoms with Crippen LogP contribution in [0.4, 0.5) is 11.5 Å². The first-order chi connectivity index (χ1) is 17.4. The van der Waals surface area contributed by atoms with E-state index in [9.17, 15) is 14.4 Å². The van der Waals surface area contributed by atoms with Gasteiger partial charge in [0.05, 0.1) is 19.8 Å². The lowest BCUT2D eigenvalue weighted by molar-refractivity contribution is 0.0984. The van der Waals surface area contributed by atoms with E-state index >= 15 is 0 Å². The predicted molar refractivity (Wildman–Crippen MR) is 141 cm³/mol. The van der Waals surface area contributed by atoms with Crippen LogP contribution < -0.4 is 31.4 Å². The van der Waals surface area contributed by atoms with Crippen molar-refractivity contribution in [1.29, 1.82) is 0 Å². The molecule has 0 fully saturated rings. The molecule has 0 saturated carbocycles. The zero-order valence-electron chi connectivity index (χ0n) is 21.1. The first-order valence-electron chi connectivity index (χ1n) is 12.3. The lowest BCUT2D eigenvalue weighted by atomic mass is 10.1. The summed E-state index contributed by atoms with van der Waals surface area (Å²) in [6.45, 7) is 7.15. The van der Waals surface area contributed by atoms with Crippen molar-refractivity contribution in [2.75, 3.05) is 23.8 Å². The molecule has 0 aliphatic rings. The fraction of sp³-hybridized carbons (Fsp3) is 0.370. The molecule has 2 aromatic carbocycles. The number of nitrogens with one attached hydrogen (secondary N) is 1. The average molecular weight is 495 g/mol. The standard InChI is InChI=1S/C27H34N4O5/c1-4-7-15-30-24(28)23(25(32)29-27(30)34)31(18-19-11-9-8-10-12-19)26(33)20-13-14-21(36-16-5-2)22(17-20)35-6-3/h8-14,17H,4-7,15-16,18,28H2,1-3H3,(H,29,32,34). The van der Waals surface area contributed by atoms with Gasteiger partial charge in [0.2, 0.25) is 0 Å². The molecule has 0 unspecified atom stereocenters. The Hall–Kier alpha value is -4.01. The Kier molecular flexibility index (Phi) is 9.32. The Morgan fingerprint density at radius 3 is 2.42 bits per heavy atom. The van der Waals surface area contributed by atoms with Gasteiger partial charge in [-0.15, -0.1) is 0 Å². The van der Waals surface area contributed by atoms with Crippen LogP contribution in [-0.2, 0) is 13.1 Å². The Labute approximate surface area is 210 Å². The second-order valence-corrected chi connectivity index (χ2v) is 8.32. The summed E-state index contributed by atoms with van der Waals surface area (Å²) < 4.78 is 12.8. The van der Waals surface area contributed by atoms with Gasteiger partial charge in [0.25, 0.3) is 11.5 Å². The number of nitrogen functional groups attached to an aromatic ring is 1. The summed E-state index contributed by atoms with van der Waals surface area (Å²) in [5.74, 6) is 0.468. The van der Waals surface area contributed by atoms with Gasteiger partial charge in [-0.2, -0.15) is 0 Å². The summed E-state index contributed by atoms with van der Waals surface area (Å²) in [6.07, 6.45) is 2.35. The van der Waals surface area contributed by atoms with Gasteiger partial charge in [-0.25, -0.2) is 4.79 Å². The average Bonchev–Trinajstić information content (AvgIpc) is 2.87. The normalized spacial score (nSPS) is 10.8. The van der Waals surface area contributed by atoms with Crippen molar-refractivity contribution >= 4 is 17.4 Å². The van der Waals surface area contributed by atoms with Gasteiger partial charge < -0.3 is 15.2 Å². The van der Waals surface area contributed by atoms with Crippen LogP contribution >= 0.6 is 0 Å². The lowest BCUT2D eigenvalue weighted by Gasteiger charge is -2.25. The van der Waals surface area contributed by atoms with Crippen LogP contribution in [0.3, 0.4) is 0 Å². The Bertz CT molecular complexity index is 1280. The van der Waals surface area contributed by atoms with Crippen LogP contribution in [0.2, 0.25) is 0 Å². The van der Waals surface area contributed by atoms with Crippen LogP contribution in [0.25, 0.3) is 0 Å². The minimum Gasteiger partial charge on any atom is -0.490 e. The molecule has 36 heavy (non-hydrogen) atoms. The summed E-state index contributed by atoms with van der Waals surface area (Å²) >= 11 is 0. The number of aromatic nitrogens is 2. The molecule has 0 bridgehead atoms. The van der Waals surface area contributed by atoms with Crippen LogP contribution in [0, 0.1) is 0 Å². The minimum absolute atomic E-state index is 0.0468. The molecule has 0 aliphatic carbocycles. The number of benzene rings is 2. The maximum Gasteiger partial charge on any atom is 0.330 e. The number of ether oxygens (including phenoxy) is 2. The Balaban J connectivity index is 2.13. The van der Waals surface area contributed by atoms with E-state index in [1.807, 2.05) is 51.1 Å². The minimum atomic E-state index is -0.720. The van der Waals surface area contributed by atoms with Crippen molar-refractivity contribution in [3.8, 4) is 11.5 Å². The molecule has 0 saturated heterocycles. The molecule has 1 amide bonds. The van der Waals surface area contributed by atoms with Gasteiger partial charge >= 0.3 is 5.69 Å². The van der Waals surface area contributed by atoms with E-state index in [-0.39, 0.29) is 18.1 Å². The molecule has 0 radical (unpaired) electrons. The number of nitrogens with zero attached hydrogens (tertiary/aromatic N) is 2. The van der Waals surface area contributed by atoms with E-state index in [0.717, 1.165) is 18.4 Å². The van der Waals surface area contributed by atoms with Crippen molar-refractivity contribution < 1.29 is 14.3 Å². The largest absolute Gasteiger partial charge is 0.490 e. The van der Waals surface area contributed by atoms with Gasteiger partial charge in [-0.1, -0.05) is 50.6 Å². The molecule has 1 heterocycles. The zero-order valence-corrected chi connectivity index (χ0v) is 21.1. The van der Waals surface area contributed by atoms with E-state index in [1.54, 1.807) is 18.2 Å². The molecule has 0 aliphatic heterocycles. The topological polar surface area (TPSA) is 120 Å². The Morgan fingerprint density at radius 1 is 1.00 bits per heavy atom. The fourth-order valence-corrected chi connectivity index (χ4v) is 3.79. The number of carbonyl (C=O) groups excluding carboxylic acids is 1. The second kappa shape index (κ2) is 12.6. The first kappa shape index (κ1) is 26.6. The highest BCUT2D eigenvalue weighted by atomic mass is 16.5. The second-order valence-electron chi connectivity index (χ2n) is 8.32. The fourth-order valence-electron chi connectivity index (χ4n) is 3.79. The van der Waals surface area contributed by atoms with Gasteiger partial charge in [0.1, 0.15) is 5.82 Å². The molecular formula is C27H34N4O5. The van der Waals surface area contributed by atoms with Gasteiger partial charge in [0, 0.05) is 12.1 Å². The smallest absolute Gasteiger partial charge is 0.330 e. The summed E-state index contributed by atoms with van der Waals surface area (Å²) in [6, 6.07) is 14.2. The predicted octanol–water partition coefficient (Wildman–Crippen LogP) is 3.95. The number of anilines is 2. The quantitative estimate of drug-likeness (QED) is 0.393. The molecule has 192 valence electrons. The summed E-state index contributed by atoms with van der Waals surface area (Å²) in [5, 5.41) is 0. The molecule has 0 spiro atoms. The number of aromatic amines is 1. The van der Waals surface area contributed by atoms with Crippen molar-refractivity contribution in [3.05, 3.63) is 80.5 Å². The molecule has 9 heteroatoms. The molecule has 0 atom stereocenters. The van der Waals surface area contributed by atoms with E-state index < -0.39 is 17.2 Å². The summed E-state index contributed by atoms with van der Waals surface area (Å²) in [5.41, 5.74) is 6.06. The zero-order chi connectivity index (χ0) is 26.1. The van der Waals surface area contributed by atoms with E-state index in [4.69, 9.17) is 15.2 Å². The number of hydrogen-bond donors (Lipinski definition) is 2. The highest BCUT2D eigenvalue weighted by Gasteiger charge is 2.26. The van der Waals surface area contributed by atoms with Crippen LogP contribution in [0.15, 0.2) is 58.1 Å². The van der Waals surface area contributed by atoms with E-state index in [2.05, 4.69) is 4.98 Å². The Morgan fingerprint density at radius 2 is 1.75 bits per heavy atom. The number of carbonyl (C=O) groups is 1. The van der Waals surface area contributed by atoms with Crippen molar-refractivity contribution in [1.82, 2.24) is 9.55 Å². The molecular weight excluding hydrogens is 460 g/mol. The highest BCUT2D eigenvalue weighted by molar-refractivity contribution is 6.07. The molecule has 3 N–H and O–H groups in total. The third kappa shape index (κ3) is 6.16. The number of unbranched alkanes of at least 4 members (excludes halogenated alkanes) is 1. The number of hydrogen-bond acceptors (Lipinski definition) is 6. The van der Waals surface area contributed by atoms with Crippen molar-refractivity contribution in [2.24, 2.45) is 0 Å². The molecule has 9 nitrogen and oxygen atoms in total. The monoisotopic (exact) mass is 494 g/mol. The molecule has 1 aromatic heterocycles. The van der Waals surface area contributed by atoms with Crippen molar-refractivity contribution in [2.45, 2.75) is 53.1 Å². The third-order valence-corrected chi connectivity index (χ3v) is 5.60. The van der Waals surface area contributed by atoms with E-state index in [1.165, 1.54) is 9.47 Å². The van der Waals surface area contributed by atoms with Crippen LogP contribution in [-0.4, -0.2) is 28.7 Å². The number of amides is 1. The van der Waals surface area contributed by atoms with Gasteiger partial charge in [-0.3, -0.25) is 24.0 Å². The van der Waals surface area contributed by atoms with E-state index in [0.29, 0.717) is 43.2 Å². The number of nitrogens with two attached hydrogens (primary N) is 1. The highest BCUT2D eigenvalue weighted by Crippen LogP contribution is 2.30. The van der Waals surface area contributed by atoms with Crippen LogP contribution in [0.5, 0.6) is 11.5 Å². The SMILES string of the molecule is CCCCn1c(N)c(N(Cc2ccccc2)C(=O)c2ccc(OCCC)c(OCC)c2)c(=O)[nH]c1=O. The summed E-state index contributed by atoms with van der Waals surface area (Å²) in [7, 11) is 0.